The van der Waals surface area contributed by atoms with E-state index < -0.39 is 0 Å². The molecule has 1 aromatic heterocycles. The Hall–Kier alpha value is -0.450. The summed E-state index contributed by atoms with van der Waals surface area (Å²) in [5, 5.41) is 15.0. The molecule has 0 saturated heterocycles. The van der Waals surface area contributed by atoms with Crippen molar-refractivity contribution in [2.75, 3.05) is 6.61 Å². The van der Waals surface area contributed by atoms with E-state index in [-0.39, 0.29) is 12.0 Å². The molecule has 2 N–H and O–H groups in total. The van der Waals surface area contributed by atoms with Gasteiger partial charge >= 0.3 is 0 Å². The van der Waals surface area contributed by atoms with Crippen molar-refractivity contribution in [1.82, 2.24) is 10.3 Å². The number of nitrogens with one attached hydrogen (secondary N) is 1. The minimum absolute atomic E-state index is 0.0655. The Balaban J connectivity index is 1.89. The summed E-state index contributed by atoms with van der Waals surface area (Å²) in [6, 6.07) is 0.434. The standard InChI is InChI=1S/C11H18N2OS/c1-11(7-14)4-2-3-10(11)12-5-9-6-15-8-13-9/h6,8,10,12,14H,2-5,7H2,1H3. The molecule has 1 heterocycles. The molecule has 1 aliphatic carbocycles. The van der Waals surface area contributed by atoms with Gasteiger partial charge in [-0.1, -0.05) is 13.3 Å². The first-order valence-electron chi connectivity index (χ1n) is 5.46. The van der Waals surface area contributed by atoms with Crippen LogP contribution in [0.1, 0.15) is 31.9 Å². The molecule has 0 amide bonds. The first kappa shape index (κ1) is 11.0. The van der Waals surface area contributed by atoms with Crippen LogP contribution in [0.2, 0.25) is 0 Å². The Bertz CT molecular complexity index is 302. The van der Waals surface area contributed by atoms with Crippen LogP contribution in [0.25, 0.3) is 0 Å². The van der Waals surface area contributed by atoms with Crippen LogP contribution >= 0.6 is 11.3 Å². The maximum Gasteiger partial charge on any atom is 0.0795 e. The third-order valence-electron chi connectivity index (χ3n) is 3.46. The van der Waals surface area contributed by atoms with E-state index in [1.807, 2.05) is 5.51 Å². The second-order valence-corrected chi connectivity index (χ2v) is 5.34. The van der Waals surface area contributed by atoms with E-state index in [0.717, 1.165) is 18.7 Å². The summed E-state index contributed by atoms with van der Waals surface area (Å²) in [4.78, 5) is 4.24. The molecule has 3 nitrogen and oxygen atoms in total. The number of thiazole rings is 1. The normalized spacial score (nSPS) is 30.9. The zero-order valence-electron chi connectivity index (χ0n) is 9.07. The minimum Gasteiger partial charge on any atom is -0.396 e. The second-order valence-electron chi connectivity index (χ2n) is 4.62. The highest BCUT2D eigenvalue weighted by atomic mass is 32.1. The van der Waals surface area contributed by atoms with E-state index in [1.165, 1.54) is 12.8 Å². The van der Waals surface area contributed by atoms with Gasteiger partial charge in [-0.05, 0) is 12.8 Å². The fourth-order valence-electron chi connectivity index (χ4n) is 2.32. The molecule has 0 spiro atoms. The first-order chi connectivity index (χ1) is 7.24. The first-order valence-corrected chi connectivity index (χ1v) is 6.40. The van der Waals surface area contributed by atoms with Crippen molar-refractivity contribution in [3.63, 3.8) is 0 Å². The largest absolute Gasteiger partial charge is 0.396 e. The van der Waals surface area contributed by atoms with E-state index >= 15 is 0 Å². The summed E-state index contributed by atoms with van der Waals surface area (Å²) >= 11 is 1.63. The van der Waals surface area contributed by atoms with E-state index in [1.54, 1.807) is 11.3 Å². The molecule has 0 radical (unpaired) electrons. The van der Waals surface area contributed by atoms with Gasteiger partial charge in [-0.15, -0.1) is 11.3 Å². The highest BCUT2D eigenvalue weighted by Crippen LogP contribution is 2.37. The molecule has 1 aliphatic rings. The van der Waals surface area contributed by atoms with Gasteiger partial charge in [-0.25, -0.2) is 4.98 Å². The number of hydrogen-bond donors (Lipinski definition) is 2. The molecule has 2 atom stereocenters. The summed E-state index contributed by atoms with van der Waals surface area (Å²) in [5.74, 6) is 0. The molecule has 1 fully saturated rings. The Labute approximate surface area is 94.5 Å². The lowest BCUT2D eigenvalue weighted by atomic mass is 9.86. The van der Waals surface area contributed by atoms with Crippen LogP contribution in [0, 0.1) is 5.41 Å². The summed E-state index contributed by atoms with van der Waals surface area (Å²) < 4.78 is 0. The fourth-order valence-corrected chi connectivity index (χ4v) is 2.88. The number of aromatic nitrogens is 1. The van der Waals surface area contributed by atoms with E-state index in [9.17, 15) is 5.11 Å². The molecule has 0 aliphatic heterocycles. The van der Waals surface area contributed by atoms with Gasteiger partial charge in [0.1, 0.15) is 0 Å². The second kappa shape index (κ2) is 4.60. The SMILES string of the molecule is CC1(CO)CCCC1NCc1cscn1. The van der Waals surface area contributed by atoms with Gasteiger partial charge in [-0.3, -0.25) is 0 Å². The van der Waals surface area contributed by atoms with Gasteiger partial charge in [0.05, 0.1) is 11.2 Å². The van der Waals surface area contributed by atoms with Crippen molar-refractivity contribution in [1.29, 1.82) is 0 Å². The van der Waals surface area contributed by atoms with Crippen LogP contribution < -0.4 is 5.32 Å². The topological polar surface area (TPSA) is 45.1 Å². The van der Waals surface area contributed by atoms with Gasteiger partial charge in [-0.2, -0.15) is 0 Å². The number of nitrogens with zero attached hydrogens (tertiary/aromatic N) is 1. The van der Waals surface area contributed by atoms with Crippen LogP contribution in [0.3, 0.4) is 0 Å². The molecular formula is C11H18N2OS. The molecule has 0 aromatic carbocycles. The number of aliphatic hydroxyl groups is 1. The molecular weight excluding hydrogens is 208 g/mol. The van der Waals surface area contributed by atoms with Crippen LogP contribution in [-0.2, 0) is 6.54 Å². The lowest BCUT2D eigenvalue weighted by Gasteiger charge is -2.30. The number of hydrogen-bond acceptors (Lipinski definition) is 4. The molecule has 0 bridgehead atoms. The van der Waals surface area contributed by atoms with Crippen LogP contribution in [0.15, 0.2) is 10.9 Å². The lowest BCUT2D eigenvalue weighted by Crippen LogP contribution is -2.41. The zero-order valence-corrected chi connectivity index (χ0v) is 9.89. The van der Waals surface area contributed by atoms with E-state index in [0.29, 0.717) is 6.04 Å². The van der Waals surface area contributed by atoms with E-state index in [4.69, 9.17) is 0 Å². The van der Waals surface area contributed by atoms with Crippen molar-refractivity contribution in [2.24, 2.45) is 5.41 Å². The van der Waals surface area contributed by atoms with Crippen molar-refractivity contribution in [3.05, 3.63) is 16.6 Å². The molecule has 1 aromatic rings. The highest BCUT2D eigenvalue weighted by Gasteiger charge is 2.37. The molecule has 4 heteroatoms. The molecule has 2 unspecified atom stereocenters. The molecule has 2 rings (SSSR count). The van der Waals surface area contributed by atoms with Crippen molar-refractivity contribution in [2.45, 2.75) is 38.8 Å². The monoisotopic (exact) mass is 226 g/mol. The quantitative estimate of drug-likeness (QED) is 0.822. The van der Waals surface area contributed by atoms with Crippen LogP contribution in [0.4, 0.5) is 0 Å². The fraction of sp³-hybridized carbons (Fsp3) is 0.727. The predicted octanol–water partition coefficient (Wildman–Crippen LogP) is 1.78. The maximum absolute atomic E-state index is 9.40. The third kappa shape index (κ3) is 2.38. The average molecular weight is 226 g/mol. The molecule has 15 heavy (non-hydrogen) atoms. The van der Waals surface area contributed by atoms with Gasteiger partial charge in [0, 0.05) is 30.0 Å². The van der Waals surface area contributed by atoms with Gasteiger partial charge in [0.25, 0.3) is 0 Å². The Morgan fingerprint density at radius 1 is 1.73 bits per heavy atom. The molecule has 84 valence electrons. The van der Waals surface area contributed by atoms with Crippen LogP contribution in [-0.4, -0.2) is 22.7 Å². The van der Waals surface area contributed by atoms with E-state index in [2.05, 4.69) is 22.6 Å². The average Bonchev–Trinajstić information content (AvgIpc) is 2.85. The van der Waals surface area contributed by atoms with Crippen molar-refractivity contribution < 1.29 is 5.11 Å². The summed E-state index contributed by atoms with van der Waals surface area (Å²) in [6.45, 7) is 3.27. The third-order valence-corrected chi connectivity index (χ3v) is 4.09. The minimum atomic E-state index is 0.0655. The molecule has 1 saturated carbocycles. The lowest BCUT2D eigenvalue weighted by molar-refractivity contribution is 0.118. The summed E-state index contributed by atoms with van der Waals surface area (Å²) in [6.07, 6.45) is 3.51. The van der Waals surface area contributed by atoms with Gasteiger partial charge < -0.3 is 10.4 Å². The predicted molar refractivity (Wildman–Crippen MR) is 61.8 cm³/mol. The Morgan fingerprint density at radius 2 is 2.60 bits per heavy atom. The Kier molecular flexibility index (Phi) is 3.38. The van der Waals surface area contributed by atoms with Crippen molar-refractivity contribution in [3.8, 4) is 0 Å². The van der Waals surface area contributed by atoms with Crippen molar-refractivity contribution >= 4 is 11.3 Å². The zero-order chi connectivity index (χ0) is 10.7. The summed E-state index contributed by atoms with van der Waals surface area (Å²) in [7, 11) is 0. The van der Waals surface area contributed by atoms with Crippen LogP contribution in [0.5, 0.6) is 0 Å². The Morgan fingerprint density at radius 3 is 3.27 bits per heavy atom. The number of rotatable bonds is 4. The number of aliphatic hydroxyl groups excluding tert-OH is 1. The summed E-state index contributed by atoms with van der Waals surface area (Å²) in [5.41, 5.74) is 3.03. The highest BCUT2D eigenvalue weighted by molar-refractivity contribution is 7.07. The van der Waals surface area contributed by atoms with Gasteiger partial charge in [0.15, 0.2) is 0 Å². The maximum atomic E-state index is 9.40. The van der Waals surface area contributed by atoms with Gasteiger partial charge in [0.2, 0.25) is 0 Å². The smallest absolute Gasteiger partial charge is 0.0795 e.